The van der Waals surface area contributed by atoms with Gasteiger partial charge in [-0.1, -0.05) is 13.3 Å². The highest BCUT2D eigenvalue weighted by Gasteiger charge is 2.24. The van der Waals surface area contributed by atoms with E-state index in [2.05, 4.69) is 30.7 Å². The Morgan fingerprint density at radius 3 is 2.19 bits per heavy atom. The molecule has 0 amide bonds. The Bertz CT molecular complexity index is 360. The lowest BCUT2D eigenvalue weighted by atomic mass is 9.84. The highest BCUT2D eigenvalue weighted by atomic mass is 14.9. The van der Waals surface area contributed by atoms with Gasteiger partial charge in [-0.3, -0.25) is 0 Å². The van der Waals surface area contributed by atoms with E-state index in [4.69, 9.17) is 5.73 Å². The Morgan fingerprint density at radius 1 is 1.25 bits per heavy atom. The zero-order valence-corrected chi connectivity index (χ0v) is 10.5. The molecule has 0 bridgehead atoms. The summed E-state index contributed by atoms with van der Waals surface area (Å²) in [6.45, 7) is 6.96. The van der Waals surface area contributed by atoms with Gasteiger partial charge in [-0.25, -0.2) is 9.97 Å². The van der Waals surface area contributed by atoms with E-state index in [9.17, 15) is 0 Å². The molecular weight excluding hydrogens is 198 g/mol. The Hall–Kier alpha value is -0.960. The molecule has 0 radical (unpaired) electrons. The minimum atomic E-state index is 0.357. The smallest absolute Gasteiger partial charge is 0.131 e. The quantitative estimate of drug-likeness (QED) is 0.849. The third-order valence-electron chi connectivity index (χ3n) is 3.66. The normalized spacial score (nSPS) is 18.2. The van der Waals surface area contributed by atoms with E-state index in [0.29, 0.717) is 18.4 Å². The van der Waals surface area contributed by atoms with Crippen LogP contribution in [-0.2, 0) is 0 Å². The van der Waals surface area contributed by atoms with Gasteiger partial charge < -0.3 is 5.73 Å². The lowest BCUT2D eigenvalue weighted by molar-refractivity contribution is 0.399. The van der Waals surface area contributed by atoms with Crippen LogP contribution in [0.25, 0.3) is 0 Å². The number of hydrogen-bond acceptors (Lipinski definition) is 3. The second-order valence-corrected chi connectivity index (χ2v) is 4.93. The van der Waals surface area contributed by atoms with Crippen molar-refractivity contribution in [1.29, 1.82) is 0 Å². The first-order valence-electron chi connectivity index (χ1n) is 6.18. The number of nitrogens with zero attached hydrogens (tertiary/aromatic N) is 2. The van der Waals surface area contributed by atoms with Gasteiger partial charge in [0.15, 0.2) is 0 Å². The molecule has 3 nitrogen and oxygen atoms in total. The molecule has 1 heterocycles. The van der Waals surface area contributed by atoms with E-state index in [1.807, 2.05) is 0 Å². The first-order valence-corrected chi connectivity index (χ1v) is 6.18. The van der Waals surface area contributed by atoms with E-state index < -0.39 is 0 Å². The van der Waals surface area contributed by atoms with Crippen LogP contribution in [0.4, 0.5) is 0 Å². The molecule has 1 atom stereocenters. The summed E-state index contributed by atoms with van der Waals surface area (Å²) in [6, 6.07) is 0. The highest BCUT2D eigenvalue weighted by Crippen LogP contribution is 2.35. The zero-order chi connectivity index (χ0) is 11.7. The molecule has 0 spiro atoms. The molecule has 1 unspecified atom stereocenters. The molecule has 3 heteroatoms. The maximum Gasteiger partial charge on any atom is 0.131 e. The van der Waals surface area contributed by atoms with Gasteiger partial charge >= 0.3 is 0 Å². The Labute approximate surface area is 97.5 Å². The molecule has 1 fully saturated rings. The molecule has 16 heavy (non-hydrogen) atoms. The minimum Gasteiger partial charge on any atom is -0.330 e. The van der Waals surface area contributed by atoms with Gasteiger partial charge in [-0.2, -0.15) is 0 Å². The van der Waals surface area contributed by atoms with Crippen molar-refractivity contribution in [2.24, 2.45) is 5.73 Å². The van der Waals surface area contributed by atoms with E-state index in [1.165, 1.54) is 24.8 Å². The fourth-order valence-electron chi connectivity index (χ4n) is 2.43. The molecule has 0 aromatic carbocycles. The van der Waals surface area contributed by atoms with Crippen molar-refractivity contribution < 1.29 is 0 Å². The highest BCUT2D eigenvalue weighted by molar-refractivity contribution is 5.29. The lowest BCUT2D eigenvalue weighted by Gasteiger charge is -2.25. The molecule has 1 saturated carbocycles. The molecule has 2 N–H and O–H groups in total. The van der Waals surface area contributed by atoms with Crippen LogP contribution in [0.3, 0.4) is 0 Å². The average Bonchev–Trinajstić information content (AvgIpc) is 2.13. The van der Waals surface area contributed by atoms with Gasteiger partial charge in [-0.15, -0.1) is 0 Å². The summed E-state index contributed by atoms with van der Waals surface area (Å²) in [5, 5.41) is 0. The standard InChI is InChI=1S/C13H21N3/c1-8(7-14)12-9(2)15-13(16-10(12)3)11-5-4-6-11/h8,11H,4-7,14H2,1-3H3. The Morgan fingerprint density at radius 2 is 1.81 bits per heavy atom. The molecule has 0 aliphatic heterocycles. The average molecular weight is 219 g/mol. The van der Waals surface area contributed by atoms with Crippen molar-refractivity contribution in [3.63, 3.8) is 0 Å². The third-order valence-corrected chi connectivity index (χ3v) is 3.66. The van der Waals surface area contributed by atoms with Gasteiger partial charge in [-0.05, 0) is 44.7 Å². The van der Waals surface area contributed by atoms with Gasteiger partial charge in [0.25, 0.3) is 0 Å². The van der Waals surface area contributed by atoms with Crippen molar-refractivity contribution in [3.05, 3.63) is 22.8 Å². The molecule has 1 aromatic rings. The lowest BCUT2D eigenvalue weighted by Crippen LogP contribution is -2.18. The Kier molecular flexibility index (Phi) is 3.24. The first kappa shape index (κ1) is 11.5. The van der Waals surface area contributed by atoms with Crippen LogP contribution in [0.2, 0.25) is 0 Å². The summed E-state index contributed by atoms with van der Waals surface area (Å²) in [6.07, 6.45) is 3.84. The van der Waals surface area contributed by atoms with Gasteiger partial charge in [0.1, 0.15) is 5.82 Å². The van der Waals surface area contributed by atoms with Crippen LogP contribution < -0.4 is 5.73 Å². The molecule has 1 aromatic heterocycles. The molecule has 1 aliphatic rings. The van der Waals surface area contributed by atoms with Gasteiger partial charge in [0.2, 0.25) is 0 Å². The van der Waals surface area contributed by atoms with Crippen molar-refractivity contribution in [1.82, 2.24) is 9.97 Å². The van der Waals surface area contributed by atoms with Crippen LogP contribution in [-0.4, -0.2) is 16.5 Å². The zero-order valence-electron chi connectivity index (χ0n) is 10.5. The molecule has 1 aliphatic carbocycles. The van der Waals surface area contributed by atoms with Crippen LogP contribution in [0.5, 0.6) is 0 Å². The maximum atomic E-state index is 5.72. The number of aromatic nitrogens is 2. The SMILES string of the molecule is Cc1nc(C2CCC2)nc(C)c1C(C)CN. The van der Waals surface area contributed by atoms with E-state index in [1.54, 1.807) is 0 Å². The second kappa shape index (κ2) is 4.50. The second-order valence-electron chi connectivity index (χ2n) is 4.93. The fraction of sp³-hybridized carbons (Fsp3) is 0.692. The van der Waals surface area contributed by atoms with Gasteiger partial charge in [0, 0.05) is 17.3 Å². The van der Waals surface area contributed by atoms with Crippen molar-refractivity contribution in [2.45, 2.75) is 51.9 Å². The topological polar surface area (TPSA) is 51.8 Å². The van der Waals surface area contributed by atoms with Gasteiger partial charge in [0.05, 0.1) is 0 Å². The Balaban J connectivity index is 2.34. The van der Waals surface area contributed by atoms with Crippen LogP contribution >= 0.6 is 0 Å². The number of rotatable bonds is 3. The summed E-state index contributed by atoms with van der Waals surface area (Å²) in [5.74, 6) is 2.02. The molecule has 2 rings (SSSR count). The third kappa shape index (κ3) is 1.96. The van der Waals surface area contributed by atoms with E-state index in [-0.39, 0.29) is 0 Å². The summed E-state index contributed by atoms with van der Waals surface area (Å²) in [7, 11) is 0. The largest absolute Gasteiger partial charge is 0.330 e. The summed E-state index contributed by atoms with van der Waals surface area (Å²) in [5.41, 5.74) is 9.20. The molecular formula is C13H21N3. The summed E-state index contributed by atoms with van der Waals surface area (Å²) >= 11 is 0. The summed E-state index contributed by atoms with van der Waals surface area (Å²) in [4.78, 5) is 9.32. The molecule has 0 saturated heterocycles. The predicted octanol–water partition coefficient (Wildman–Crippen LogP) is 2.42. The minimum absolute atomic E-state index is 0.357. The van der Waals surface area contributed by atoms with E-state index >= 15 is 0 Å². The van der Waals surface area contributed by atoms with Crippen LogP contribution in [0.1, 0.15) is 60.8 Å². The number of aryl methyl sites for hydroxylation is 2. The predicted molar refractivity (Wildman–Crippen MR) is 65.6 cm³/mol. The van der Waals surface area contributed by atoms with Crippen LogP contribution in [0, 0.1) is 13.8 Å². The van der Waals surface area contributed by atoms with Crippen molar-refractivity contribution >= 4 is 0 Å². The fourth-order valence-corrected chi connectivity index (χ4v) is 2.43. The van der Waals surface area contributed by atoms with Crippen molar-refractivity contribution in [2.75, 3.05) is 6.54 Å². The monoisotopic (exact) mass is 219 g/mol. The summed E-state index contributed by atoms with van der Waals surface area (Å²) < 4.78 is 0. The molecule has 88 valence electrons. The number of hydrogen-bond donors (Lipinski definition) is 1. The first-order chi connectivity index (χ1) is 7.63. The van der Waals surface area contributed by atoms with E-state index in [0.717, 1.165) is 17.2 Å². The maximum absolute atomic E-state index is 5.72. The van der Waals surface area contributed by atoms with Crippen LogP contribution in [0.15, 0.2) is 0 Å². The number of nitrogens with two attached hydrogens (primary N) is 1. The van der Waals surface area contributed by atoms with Crippen molar-refractivity contribution in [3.8, 4) is 0 Å².